The van der Waals surface area contributed by atoms with Crippen LogP contribution in [0.3, 0.4) is 0 Å². The number of hydrogen-bond acceptors (Lipinski definition) is 6. The molecule has 0 amide bonds. The van der Waals surface area contributed by atoms with Gasteiger partial charge in [-0.3, -0.25) is 14.4 Å². The van der Waals surface area contributed by atoms with Crippen molar-refractivity contribution in [1.29, 1.82) is 0 Å². The molecular formula is C73H130O6. The normalized spacial score (nSPS) is 12.5. The highest BCUT2D eigenvalue weighted by molar-refractivity contribution is 5.71. The van der Waals surface area contributed by atoms with E-state index in [4.69, 9.17) is 14.2 Å². The summed E-state index contributed by atoms with van der Waals surface area (Å²) < 4.78 is 17.0. The number of unbranched alkanes of at least 4 members (excludes halogenated alkanes) is 40. The second-order valence-electron chi connectivity index (χ2n) is 23.1. The molecule has 79 heavy (non-hydrogen) atoms. The maximum atomic E-state index is 12.9. The number of rotatable bonds is 63. The van der Waals surface area contributed by atoms with Crippen LogP contribution < -0.4 is 0 Å². The van der Waals surface area contributed by atoms with Crippen LogP contribution in [-0.4, -0.2) is 37.2 Å². The fraction of sp³-hybridized carbons (Fsp3) is 0.795. The summed E-state index contributed by atoms with van der Waals surface area (Å²) in [5, 5.41) is 0. The van der Waals surface area contributed by atoms with Crippen molar-refractivity contribution in [3.05, 3.63) is 72.9 Å². The molecule has 0 heterocycles. The smallest absolute Gasteiger partial charge is 0.306 e. The van der Waals surface area contributed by atoms with Crippen molar-refractivity contribution in [1.82, 2.24) is 0 Å². The lowest BCUT2D eigenvalue weighted by Crippen LogP contribution is -2.30. The first-order valence-electron chi connectivity index (χ1n) is 34.4. The molecule has 0 aliphatic heterocycles. The van der Waals surface area contributed by atoms with Crippen LogP contribution in [0.4, 0.5) is 0 Å². The van der Waals surface area contributed by atoms with Crippen molar-refractivity contribution in [2.45, 2.75) is 361 Å². The van der Waals surface area contributed by atoms with Crippen molar-refractivity contribution < 1.29 is 28.6 Å². The van der Waals surface area contributed by atoms with E-state index in [0.29, 0.717) is 19.3 Å². The number of hydrogen-bond donors (Lipinski definition) is 0. The lowest BCUT2D eigenvalue weighted by Gasteiger charge is -2.18. The Bertz CT molecular complexity index is 1450. The van der Waals surface area contributed by atoms with E-state index in [1.165, 1.54) is 212 Å². The Balaban J connectivity index is 4.33. The summed E-state index contributed by atoms with van der Waals surface area (Å²) in [4.78, 5) is 38.4. The van der Waals surface area contributed by atoms with Crippen LogP contribution in [0.5, 0.6) is 0 Å². The highest BCUT2D eigenvalue weighted by Gasteiger charge is 2.19. The molecule has 0 rings (SSSR count). The molecular weight excluding hydrogens is 973 g/mol. The predicted octanol–water partition coefficient (Wildman–Crippen LogP) is 23.7. The first kappa shape index (κ1) is 75.8. The fourth-order valence-electron chi connectivity index (χ4n) is 10.1. The van der Waals surface area contributed by atoms with Crippen molar-refractivity contribution in [3.8, 4) is 0 Å². The third-order valence-electron chi connectivity index (χ3n) is 15.2. The Morgan fingerprint density at radius 1 is 0.266 bits per heavy atom. The number of allylic oxidation sites excluding steroid dienone is 12. The van der Waals surface area contributed by atoms with Gasteiger partial charge in [-0.15, -0.1) is 0 Å². The standard InChI is InChI=1S/C73H130O6/c1-4-7-10-13-16-19-22-25-28-31-33-34-35-36-37-38-40-42-45-48-51-54-57-60-63-66-72(75)78-69-70(68-77-71(74)65-62-59-56-53-50-47-44-41-30-27-24-21-18-15-12-9-6-3)79-73(76)67-64-61-58-55-52-49-46-43-39-32-29-26-23-20-17-14-11-8-5-2/h9,12,17-18,20-21,26-27,29-30,44,47,70H,4-8,10-11,13-16,19,22-25,28,31-43,45-46,48-69H2,1-3H3/b12-9-,20-17-,21-18-,29-26-,30-27-,47-44-. The van der Waals surface area contributed by atoms with Gasteiger partial charge in [0.05, 0.1) is 0 Å². The zero-order chi connectivity index (χ0) is 57.1. The lowest BCUT2D eigenvalue weighted by molar-refractivity contribution is -0.167. The second-order valence-corrected chi connectivity index (χ2v) is 23.1. The number of carbonyl (C=O) groups excluding carboxylic acids is 3. The Morgan fingerprint density at radius 3 is 0.797 bits per heavy atom. The third kappa shape index (κ3) is 65.5. The van der Waals surface area contributed by atoms with E-state index in [2.05, 4.69) is 93.7 Å². The summed E-state index contributed by atoms with van der Waals surface area (Å²) in [5.41, 5.74) is 0. The molecule has 1 unspecified atom stereocenters. The summed E-state index contributed by atoms with van der Waals surface area (Å²) in [6.45, 7) is 6.53. The Kier molecular flexibility index (Phi) is 64.7. The largest absolute Gasteiger partial charge is 0.462 e. The molecule has 0 aromatic rings. The predicted molar refractivity (Wildman–Crippen MR) is 344 cm³/mol. The molecule has 0 fully saturated rings. The number of ether oxygens (including phenoxy) is 3. The van der Waals surface area contributed by atoms with Crippen molar-refractivity contribution in [3.63, 3.8) is 0 Å². The van der Waals surface area contributed by atoms with E-state index in [1.54, 1.807) is 0 Å². The molecule has 0 radical (unpaired) electrons. The molecule has 6 nitrogen and oxygen atoms in total. The van der Waals surface area contributed by atoms with Crippen molar-refractivity contribution in [2.24, 2.45) is 0 Å². The molecule has 0 bridgehead atoms. The summed E-state index contributed by atoms with van der Waals surface area (Å²) in [7, 11) is 0. The SMILES string of the molecule is CC/C=C\C/C=C\C/C=C\C/C=C\CCCCCCC(=O)OCC(COC(=O)CCCCCCCCCCCCCCCCCCCCCCCCCCC)OC(=O)CCCCCCCCCCC/C=C\C/C=C\CCCCC. The van der Waals surface area contributed by atoms with E-state index in [1.807, 2.05) is 0 Å². The molecule has 6 heteroatoms. The topological polar surface area (TPSA) is 78.9 Å². The molecule has 0 aromatic heterocycles. The van der Waals surface area contributed by atoms with Crippen LogP contribution in [0.25, 0.3) is 0 Å². The third-order valence-corrected chi connectivity index (χ3v) is 15.2. The van der Waals surface area contributed by atoms with Crippen LogP contribution in [0, 0.1) is 0 Å². The van der Waals surface area contributed by atoms with E-state index in [9.17, 15) is 14.4 Å². The molecule has 0 aromatic carbocycles. The lowest BCUT2D eigenvalue weighted by atomic mass is 10.0. The molecule has 0 aliphatic carbocycles. The van der Waals surface area contributed by atoms with E-state index in [-0.39, 0.29) is 31.1 Å². The van der Waals surface area contributed by atoms with Gasteiger partial charge in [0, 0.05) is 19.3 Å². The molecule has 0 saturated heterocycles. The van der Waals surface area contributed by atoms with E-state index in [0.717, 1.165) is 103 Å². The van der Waals surface area contributed by atoms with Gasteiger partial charge >= 0.3 is 17.9 Å². The highest BCUT2D eigenvalue weighted by Crippen LogP contribution is 2.18. The Labute approximate surface area is 491 Å². The Hall–Kier alpha value is -3.15. The van der Waals surface area contributed by atoms with Crippen LogP contribution >= 0.6 is 0 Å². The summed E-state index contributed by atoms with van der Waals surface area (Å²) in [6.07, 6.45) is 87.8. The molecule has 0 N–H and O–H groups in total. The minimum atomic E-state index is -0.789. The molecule has 0 saturated carbocycles. The van der Waals surface area contributed by atoms with Gasteiger partial charge in [0.15, 0.2) is 6.10 Å². The average Bonchev–Trinajstić information content (AvgIpc) is 3.45. The first-order chi connectivity index (χ1) is 39.0. The maximum absolute atomic E-state index is 12.9. The molecule has 1 atom stereocenters. The van der Waals surface area contributed by atoms with Crippen LogP contribution in [0.1, 0.15) is 355 Å². The maximum Gasteiger partial charge on any atom is 0.306 e. The van der Waals surface area contributed by atoms with Crippen LogP contribution in [0.15, 0.2) is 72.9 Å². The molecule has 458 valence electrons. The monoisotopic (exact) mass is 1100 g/mol. The van der Waals surface area contributed by atoms with Crippen LogP contribution in [-0.2, 0) is 28.6 Å². The molecule has 0 aliphatic rings. The minimum Gasteiger partial charge on any atom is -0.462 e. The van der Waals surface area contributed by atoms with Gasteiger partial charge in [-0.25, -0.2) is 0 Å². The zero-order valence-electron chi connectivity index (χ0n) is 52.6. The Morgan fingerprint density at radius 2 is 0.494 bits per heavy atom. The van der Waals surface area contributed by atoms with E-state index < -0.39 is 6.10 Å². The second kappa shape index (κ2) is 67.4. The minimum absolute atomic E-state index is 0.0819. The van der Waals surface area contributed by atoms with Crippen molar-refractivity contribution in [2.75, 3.05) is 13.2 Å². The van der Waals surface area contributed by atoms with Gasteiger partial charge < -0.3 is 14.2 Å². The van der Waals surface area contributed by atoms with Gasteiger partial charge in [0.25, 0.3) is 0 Å². The molecule has 0 spiro atoms. The van der Waals surface area contributed by atoms with Gasteiger partial charge in [0.1, 0.15) is 13.2 Å². The van der Waals surface area contributed by atoms with Gasteiger partial charge in [-0.2, -0.15) is 0 Å². The quantitative estimate of drug-likeness (QED) is 0.0261. The number of esters is 3. The zero-order valence-corrected chi connectivity index (χ0v) is 52.6. The van der Waals surface area contributed by atoms with Gasteiger partial charge in [-0.05, 0) is 89.9 Å². The fourth-order valence-corrected chi connectivity index (χ4v) is 10.1. The average molecular weight is 1100 g/mol. The van der Waals surface area contributed by atoms with Crippen LogP contribution in [0.2, 0.25) is 0 Å². The summed E-state index contributed by atoms with van der Waals surface area (Å²) in [6, 6.07) is 0. The summed E-state index contributed by atoms with van der Waals surface area (Å²) >= 11 is 0. The number of carbonyl (C=O) groups is 3. The highest BCUT2D eigenvalue weighted by atomic mass is 16.6. The van der Waals surface area contributed by atoms with Gasteiger partial charge in [0.2, 0.25) is 0 Å². The first-order valence-corrected chi connectivity index (χ1v) is 34.4. The van der Waals surface area contributed by atoms with E-state index >= 15 is 0 Å². The summed E-state index contributed by atoms with van der Waals surface area (Å²) in [5.74, 6) is -0.891. The van der Waals surface area contributed by atoms with Gasteiger partial charge in [-0.1, -0.05) is 318 Å². The van der Waals surface area contributed by atoms with Crippen molar-refractivity contribution >= 4 is 17.9 Å².